The van der Waals surface area contributed by atoms with Gasteiger partial charge in [-0.1, -0.05) is 6.92 Å². The molecule has 4 nitrogen and oxygen atoms in total. The smallest absolute Gasteiger partial charge is 0.251 e. The molecule has 0 spiro atoms. The molecule has 1 heterocycles. The zero-order valence-corrected chi connectivity index (χ0v) is 17.6. The van der Waals surface area contributed by atoms with Crippen molar-refractivity contribution in [1.82, 2.24) is 10.3 Å². The first-order chi connectivity index (χ1) is 15.1. The number of halogens is 1. The number of pyridine rings is 1. The number of hydrogen-bond donors (Lipinski definition) is 1. The van der Waals surface area contributed by atoms with Gasteiger partial charge in [0.1, 0.15) is 5.82 Å². The van der Waals surface area contributed by atoms with Crippen molar-refractivity contribution in [3.8, 4) is 6.07 Å². The molecule has 0 aliphatic heterocycles. The van der Waals surface area contributed by atoms with Crippen LogP contribution in [0.2, 0.25) is 0 Å². The number of carbonyl (C=O) groups excluding carboxylic acids is 1. The van der Waals surface area contributed by atoms with Crippen LogP contribution in [0.5, 0.6) is 0 Å². The molecule has 0 saturated heterocycles. The molecule has 2 aromatic carbocycles. The highest BCUT2D eigenvalue weighted by molar-refractivity contribution is 5.94. The van der Waals surface area contributed by atoms with Gasteiger partial charge in [-0.25, -0.2) is 4.39 Å². The molecule has 1 unspecified atom stereocenters. The lowest BCUT2D eigenvalue weighted by Crippen LogP contribution is -2.41. The van der Waals surface area contributed by atoms with E-state index in [1.54, 1.807) is 36.4 Å². The molecule has 1 aliphatic rings. The van der Waals surface area contributed by atoms with Crippen LogP contribution in [0, 0.1) is 23.1 Å². The van der Waals surface area contributed by atoms with E-state index in [-0.39, 0.29) is 17.8 Å². The first-order valence-electron chi connectivity index (χ1n) is 10.9. The Morgan fingerprint density at radius 3 is 2.58 bits per heavy atom. The molecule has 1 fully saturated rings. The molecular weight excluding hydrogens is 389 g/mol. The Morgan fingerprint density at radius 2 is 1.90 bits per heavy atom. The molecule has 1 saturated carbocycles. The minimum Gasteiger partial charge on any atom is -0.349 e. The van der Waals surface area contributed by atoms with Gasteiger partial charge in [0.15, 0.2) is 0 Å². The van der Waals surface area contributed by atoms with Crippen molar-refractivity contribution in [2.45, 2.75) is 51.0 Å². The number of carbonyl (C=O) groups is 1. The summed E-state index contributed by atoms with van der Waals surface area (Å²) in [6.45, 7) is 2.11. The van der Waals surface area contributed by atoms with Crippen LogP contribution >= 0.6 is 0 Å². The maximum atomic E-state index is 13.8. The Kier molecular flexibility index (Phi) is 6.27. The van der Waals surface area contributed by atoms with Crippen molar-refractivity contribution in [2.75, 3.05) is 0 Å². The highest BCUT2D eigenvalue weighted by Gasteiger charge is 2.29. The zero-order chi connectivity index (χ0) is 21.8. The van der Waals surface area contributed by atoms with Gasteiger partial charge < -0.3 is 5.32 Å². The van der Waals surface area contributed by atoms with Crippen LogP contribution in [0.1, 0.15) is 66.4 Å². The van der Waals surface area contributed by atoms with E-state index in [0.717, 1.165) is 43.0 Å². The van der Waals surface area contributed by atoms with Crippen molar-refractivity contribution < 1.29 is 9.18 Å². The zero-order valence-electron chi connectivity index (χ0n) is 17.6. The first kappa shape index (κ1) is 21.0. The molecule has 1 atom stereocenters. The van der Waals surface area contributed by atoms with Crippen LogP contribution in [0.3, 0.4) is 0 Å². The predicted molar refractivity (Wildman–Crippen MR) is 119 cm³/mol. The Morgan fingerprint density at radius 1 is 1.16 bits per heavy atom. The molecule has 1 aliphatic carbocycles. The van der Waals surface area contributed by atoms with Gasteiger partial charge in [0.05, 0.1) is 17.1 Å². The van der Waals surface area contributed by atoms with Crippen LogP contribution in [0.15, 0.2) is 54.7 Å². The number of nitriles is 1. The van der Waals surface area contributed by atoms with Gasteiger partial charge in [-0.2, -0.15) is 5.26 Å². The highest BCUT2D eigenvalue weighted by atomic mass is 19.1. The number of aromatic nitrogens is 1. The Bertz CT molecular complexity index is 1110. The second-order valence-corrected chi connectivity index (χ2v) is 8.35. The summed E-state index contributed by atoms with van der Waals surface area (Å²) in [5.74, 6) is 0.491. The fraction of sp³-hybridized carbons (Fsp3) is 0.346. The molecule has 31 heavy (non-hydrogen) atoms. The molecule has 3 aromatic rings. The topological polar surface area (TPSA) is 65.8 Å². The molecule has 1 amide bonds. The maximum absolute atomic E-state index is 13.8. The molecule has 1 N–H and O–H groups in total. The standard InChI is InChI=1S/C26H26FN3O/c1-2-24(30-26(31)20-5-3-17(16-28)4-6-20)19-9-7-18(8-10-19)22-13-14-29-25-12-11-21(27)15-23(22)25/h3-6,11-15,18-19,24H,2,7-10H2,1H3,(H,30,31)/t18-,19-,24?. The number of hydrogen-bond acceptors (Lipinski definition) is 3. The van der Waals surface area contributed by atoms with Crippen molar-refractivity contribution in [3.05, 3.63) is 77.2 Å². The lowest BCUT2D eigenvalue weighted by atomic mass is 9.75. The second-order valence-electron chi connectivity index (χ2n) is 8.35. The van der Waals surface area contributed by atoms with E-state index in [9.17, 15) is 9.18 Å². The number of nitrogens with zero attached hydrogens (tertiary/aromatic N) is 2. The summed E-state index contributed by atoms with van der Waals surface area (Å²) in [7, 11) is 0. The first-order valence-corrected chi connectivity index (χ1v) is 10.9. The maximum Gasteiger partial charge on any atom is 0.251 e. The van der Waals surface area contributed by atoms with Gasteiger partial charge in [-0.3, -0.25) is 9.78 Å². The number of fused-ring (bicyclic) bond motifs is 1. The monoisotopic (exact) mass is 415 g/mol. The van der Waals surface area contributed by atoms with Crippen molar-refractivity contribution in [3.63, 3.8) is 0 Å². The molecule has 1 aromatic heterocycles. The molecule has 158 valence electrons. The number of amides is 1. The molecule has 0 bridgehead atoms. The Labute approximate surface area is 182 Å². The molecular formula is C26H26FN3O. The van der Waals surface area contributed by atoms with E-state index in [1.165, 1.54) is 11.6 Å². The predicted octanol–water partition coefficient (Wildman–Crippen LogP) is 5.73. The highest BCUT2D eigenvalue weighted by Crippen LogP contribution is 2.39. The van der Waals surface area contributed by atoms with E-state index in [0.29, 0.717) is 23.0 Å². The summed E-state index contributed by atoms with van der Waals surface area (Å²) < 4.78 is 13.8. The van der Waals surface area contributed by atoms with Crippen molar-refractivity contribution >= 4 is 16.8 Å². The van der Waals surface area contributed by atoms with Gasteiger partial charge in [0, 0.05) is 23.2 Å². The summed E-state index contributed by atoms with van der Waals surface area (Å²) in [5.41, 5.74) is 3.14. The van der Waals surface area contributed by atoms with Crippen LogP contribution < -0.4 is 5.32 Å². The van der Waals surface area contributed by atoms with Gasteiger partial charge in [-0.05, 0) is 98.0 Å². The quantitative estimate of drug-likeness (QED) is 0.579. The summed E-state index contributed by atoms with van der Waals surface area (Å²) in [6, 6.07) is 15.7. The van der Waals surface area contributed by atoms with Crippen LogP contribution in [-0.2, 0) is 0 Å². The normalized spacial score (nSPS) is 19.5. The lowest BCUT2D eigenvalue weighted by molar-refractivity contribution is 0.0909. The summed E-state index contributed by atoms with van der Waals surface area (Å²) >= 11 is 0. The summed E-state index contributed by atoms with van der Waals surface area (Å²) in [5, 5.41) is 13.0. The number of nitrogens with one attached hydrogen (secondary N) is 1. The average Bonchev–Trinajstić information content (AvgIpc) is 2.82. The molecule has 4 rings (SSSR count). The lowest BCUT2D eigenvalue weighted by Gasteiger charge is -2.34. The molecule has 5 heteroatoms. The van der Waals surface area contributed by atoms with E-state index in [2.05, 4.69) is 23.3 Å². The largest absolute Gasteiger partial charge is 0.349 e. The van der Waals surface area contributed by atoms with E-state index >= 15 is 0 Å². The van der Waals surface area contributed by atoms with Gasteiger partial charge in [-0.15, -0.1) is 0 Å². The van der Waals surface area contributed by atoms with Gasteiger partial charge >= 0.3 is 0 Å². The van der Waals surface area contributed by atoms with E-state index in [1.807, 2.05) is 12.3 Å². The Hall–Kier alpha value is -3.26. The third kappa shape index (κ3) is 4.59. The summed E-state index contributed by atoms with van der Waals surface area (Å²) in [6.07, 6.45) is 6.77. The minimum atomic E-state index is -0.230. The van der Waals surface area contributed by atoms with E-state index < -0.39 is 0 Å². The van der Waals surface area contributed by atoms with E-state index in [4.69, 9.17) is 5.26 Å². The van der Waals surface area contributed by atoms with Gasteiger partial charge in [0.25, 0.3) is 5.91 Å². The fourth-order valence-corrected chi connectivity index (χ4v) is 4.83. The molecule has 0 radical (unpaired) electrons. The van der Waals surface area contributed by atoms with Crippen LogP contribution in [-0.4, -0.2) is 16.9 Å². The SMILES string of the molecule is CCC(NC(=O)c1ccc(C#N)cc1)[C@H]1CC[C@H](c2ccnc3ccc(F)cc32)CC1. The summed E-state index contributed by atoms with van der Waals surface area (Å²) in [4.78, 5) is 17.1. The number of rotatable bonds is 5. The van der Waals surface area contributed by atoms with Crippen LogP contribution in [0.4, 0.5) is 4.39 Å². The van der Waals surface area contributed by atoms with Crippen molar-refractivity contribution in [1.29, 1.82) is 5.26 Å². The van der Waals surface area contributed by atoms with Crippen molar-refractivity contribution in [2.24, 2.45) is 5.92 Å². The minimum absolute atomic E-state index is 0.0888. The number of benzene rings is 2. The third-order valence-corrected chi connectivity index (χ3v) is 6.55. The van der Waals surface area contributed by atoms with Crippen LogP contribution in [0.25, 0.3) is 10.9 Å². The fourth-order valence-electron chi connectivity index (χ4n) is 4.83. The van der Waals surface area contributed by atoms with Gasteiger partial charge in [0.2, 0.25) is 0 Å². The second kappa shape index (κ2) is 9.26. The third-order valence-electron chi connectivity index (χ3n) is 6.55. The Balaban J connectivity index is 1.42. The average molecular weight is 416 g/mol.